The molecule has 2 N–H and O–H groups in total. The van der Waals surface area contributed by atoms with Gasteiger partial charge in [-0.25, -0.2) is 0 Å². The van der Waals surface area contributed by atoms with Gasteiger partial charge in [0.1, 0.15) is 0 Å². The summed E-state index contributed by atoms with van der Waals surface area (Å²) in [4.78, 5) is 0.790. The Morgan fingerprint density at radius 2 is 2.20 bits per heavy atom. The predicted molar refractivity (Wildman–Crippen MR) is 47.7 cm³/mol. The molecule has 0 aliphatic rings. The van der Waals surface area contributed by atoms with E-state index in [0.29, 0.717) is 11.6 Å². The molecule has 0 atom stereocenters. The van der Waals surface area contributed by atoms with Gasteiger partial charge in [-0.3, -0.25) is 0 Å². The smallest absolute Gasteiger partial charge is 0.0494 e. The Kier molecular flexibility index (Phi) is 2.46. The zero-order valence-electron chi connectivity index (χ0n) is 5.34. The quantitative estimate of drug-likeness (QED) is 0.381. The molecular formula is C7H8ClNS. The van der Waals surface area contributed by atoms with E-state index >= 15 is 0 Å². The van der Waals surface area contributed by atoms with Crippen LogP contribution in [0, 0.1) is 0 Å². The highest BCUT2D eigenvalue weighted by atomic mass is 35.5. The molecule has 0 radical (unpaired) electrons. The van der Waals surface area contributed by atoms with Crippen molar-refractivity contribution in [3.05, 3.63) is 23.8 Å². The molecule has 0 bridgehead atoms. The van der Waals surface area contributed by atoms with Crippen LogP contribution in [0.2, 0.25) is 0 Å². The normalized spacial score (nSPS) is 9.80. The van der Waals surface area contributed by atoms with E-state index in [1.54, 1.807) is 0 Å². The highest BCUT2D eigenvalue weighted by molar-refractivity contribution is 7.80. The van der Waals surface area contributed by atoms with Crippen molar-refractivity contribution in [3.8, 4) is 0 Å². The fraction of sp³-hybridized carbons (Fsp3) is 0.143. The minimum absolute atomic E-state index is 0.445. The number of anilines is 1. The van der Waals surface area contributed by atoms with Crippen molar-refractivity contribution in [2.45, 2.75) is 10.8 Å². The summed E-state index contributed by atoms with van der Waals surface area (Å²) < 4.78 is 0. The average molecular weight is 174 g/mol. The Hall–Kier alpha value is -0.340. The van der Waals surface area contributed by atoms with E-state index in [4.69, 9.17) is 17.3 Å². The summed E-state index contributed by atoms with van der Waals surface area (Å²) in [5.74, 6) is 0.445. The third-order valence-corrected chi connectivity index (χ3v) is 2.00. The molecule has 1 aromatic carbocycles. The highest BCUT2D eigenvalue weighted by Crippen LogP contribution is 2.21. The van der Waals surface area contributed by atoms with Crippen molar-refractivity contribution >= 4 is 29.9 Å². The molecule has 0 aromatic heterocycles. The van der Waals surface area contributed by atoms with Crippen LogP contribution in [0.1, 0.15) is 5.56 Å². The monoisotopic (exact) mass is 173 g/mol. The van der Waals surface area contributed by atoms with Gasteiger partial charge < -0.3 is 5.73 Å². The molecule has 0 aliphatic heterocycles. The summed E-state index contributed by atoms with van der Waals surface area (Å²) in [7, 11) is 0. The highest BCUT2D eigenvalue weighted by Gasteiger charge is 1.98. The van der Waals surface area contributed by atoms with Crippen LogP contribution in [-0.2, 0) is 5.88 Å². The zero-order valence-corrected chi connectivity index (χ0v) is 6.99. The number of halogens is 1. The molecule has 0 fully saturated rings. The summed E-state index contributed by atoms with van der Waals surface area (Å²) in [6.07, 6.45) is 0. The van der Waals surface area contributed by atoms with E-state index in [0.717, 1.165) is 10.5 Å². The second kappa shape index (κ2) is 3.17. The summed E-state index contributed by atoms with van der Waals surface area (Å²) in [5.41, 5.74) is 7.25. The van der Waals surface area contributed by atoms with E-state index < -0.39 is 0 Å². The largest absolute Gasteiger partial charge is 0.398 e. The Bertz CT molecular complexity index is 237. The van der Waals surface area contributed by atoms with Gasteiger partial charge in [-0.2, -0.15) is 0 Å². The molecule has 1 nitrogen and oxygen atoms in total. The molecule has 3 heteroatoms. The van der Waals surface area contributed by atoms with Crippen LogP contribution in [-0.4, -0.2) is 0 Å². The maximum Gasteiger partial charge on any atom is 0.0494 e. The summed E-state index contributed by atoms with van der Waals surface area (Å²) >= 11 is 9.73. The number of rotatable bonds is 1. The first-order valence-electron chi connectivity index (χ1n) is 2.88. The molecule has 0 amide bonds. The van der Waals surface area contributed by atoms with E-state index in [1.807, 2.05) is 18.2 Å². The first kappa shape index (κ1) is 7.76. The number of hydrogen-bond acceptors (Lipinski definition) is 2. The maximum atomic E-state index is 5.63. The molecular weight excluding hydrogens is 166 g/mol. The molecule has 10 heavy (non-hydrogen) atoms. The van der Waals surface area contributed by atoms with E-state index in [9.17, 15) is 0 Å². The van der Waals surface area contributed by atoms with Crippen LogP contribution >= 0.6 is 24.2 Å². The first-order chi connectivity index (χ1) is 4.75. The van der Waals surface area contributed by atoms with E-state index in [2.05, 4.69) is 12.6 Å². The van der Waals surface area contributed by atoms with Crippen LogP contribution in [0.4, 0.5) is 5.69 Å². The van der Waals surface area contributed by atoms with Crippen molar-refractivity contribution in [2.24, 2.45) is 0 Å². The SMILES string of the molecule is Nc1c(S)cccc1CCl. The topological polar surface area (TPSA) is 26.0 Å². The van der Waals surface area contributed by atoms with E-state index in [-0.39, 0.29) is 0 Å². The minimum atomic E-state index is 0.445. The van der Waals surface area contributed by atoms with Crippen molar-refractivity contribution in [2.75, 3.05) is 5.73 Å². The van der Waals surface area contributed by atoms with Gasteiger partial charge >= 0.3 is 0 Å². The van der Waals surface area contributed by atoms with Crippen molar-refractivity contribution in [1.29, 1.82) is 0 Å². The summed E-state index contributed by atoms with van der Waals surface area (Å²) in [5, 5.41) is 0. The fourth-order valence-electron chi connectivity index (χ4n) is 0.716. The summed E-state index contributed by atoms with van der Waals surface area (Å²) in [6, 6.07) is 5.62. The van der Waals surface area contributed by atoms with Gasteiger partial charge in [-0.05, 0) is 11.6 Å². The number of alkyl halides is 1. The van der Waals surface area contributed by atoms with Crippen molar-refractivity contribution < 1.29 is 0 Å². The third-order valence-electron chi connectivity index (χ3n) is 1.32. The average Bonchev–Trinajstić information content (AvgIpc) is 1.95. The number of benzene rings is 1. The third kappa shape index (κ3) is 1.39. The summed E-state index contributed by atoms with van der Waals surface area (Å²) in [6.45, 7) is 0. The Morgan fingerprint density at radius 1 is 1.50 bits per heavy atom. The molecule has 0 unspecified atom stereocenters. The second-order valence-electron chi connectivity index (χ2n) is 1.98. The molecule has 0 spiro atoms. The maximum absolute atomic E-state index is 5.63. The first-order valence-corrected chi connectivity index (χ1v) is 3.86. The van der Waals surface area contributed by atoms with Crippen LogP contribution in [0.3, 0.4) is 0 Å². The fourth-order valence-corrected chi connectivity index (χ4v) is 1.18. The van der Waals surface area contributed by atoms with Crippen LogP contribution in [0.5, 0.6) is 0 Å². The van der Waals surface area contributed by atoms with Gasteiger partial charge in [-0.1, -0.05) is 12.1 Å². The molecule has 1 aromatic rings. The number of para-hydroxylation sites is 1. The van der Waals surface area contributed by atoms with Crippen LogP contribution < -0.4 is 5.73 Å². The molecule has 0 saturated heterocycles. The molecule has 0 heterocycles. The zero-order chi connectivity index (χ0) is 7.56. The van der Waals surface area contributed by atoms with Gasteiger partial charge in [0.25, 0.3) is 0 Å². The number of thiol groups is 1. The molecule has 0 aliphatic carbocycles. The van der Waals surface area contributed by atoms with Crippen LogP contribution in [0.15, 0.2) is 23.1 Å². The van der Waals surface area contributed by atoms with Crippen molar-refractivity contribution in [3.63, 3.8) is 0 Å². The lowest BCUT2D eigenvalue weighted by molar-refractivity contribution is 1.34. The molecule has 54 valence electrons. The minimum Gasteiger partial charge on any atom is -0.398 e. The number of nitrogen functional groups attached to an aromatic ring is 1. The van der Waals surface area contributed by atoms with E-state index in [1.165, 1.54) is 0 Å². The predicted octanol–water partition coefficient (Wildman–Crippen LogP) is 2.30. The number of nitrogens with two attached hydrogens (primary N) is 1. The van der Waals surface area contributed by atoms with Crippen molar-refractivity contribution in [1.82, 2.24) is 0 Å². The lowest BCUT2D eigenvalue weighted by atomic mass is 10.2. The van der Waals surface area contributed by atoms with Crippen LogP contribution in [0.25, 0.3) is 0 Å². The Morgan fingerprint density at radius 3 is 2.70 bits per heavy atom. The Labute approximate surface area is 70.6 Å². The second-order valence-corrected chi connectivity index (χ2v) is 2.73. The van der Waals surface area contributed by atoms with Gasteiger partial charge in [0.05, 0.1) is 0 Å². The molecule has 1 rings (SSSR count). The van der Waals surface area contributed by atoms with Gasteiger partial charge in [-0.15, -0.1) is 24.2 Å². The van der Waals surface area contributed by atoms with Gasteiger partial charge in [0.2, 0.25) is 0 Å². The van der Waals surface area contributed by atoms with Gasteiger partial charge in [0.15, 0.2) is 0 Å². The lowest BCUT2D eigenvalue weighted by Crippen LogP contribution is -1.92. The molecule has 0 saturated carbocycles. The Balaban J connectivity index is 3.14. The number of hydrogen-bond donors (Lipinski definition) is 2. The lowest BCUT2D eigenvalue weighted by Gasteiger charge is -2.02. The van der Waals surface area contributed by atoms with Gasteiger partial charge in [0, 0.05) is 16.5 Å². The standard InChI is InChI=1S/C7H8ClNS/c8-4-5-2-1-3-6(10)7(5)9/h1-3,10H,4,9H2.